The second kappa shape index (κ2) is 9.32. The maximum atomic E-state index is 13.5. The van der Waals surface area contributed by atoms with E-state index in [9.17, 15) is 18.0 Å². The first-order valence-corrected chi connectivity index (χ1v) is 12.7. The molecule has 176 valence electrons. The number of hydrogen-bond donors (Lipinski definition) is 2. The third-order valence-electron chi connectivity index (χ3n) is 5.97. The second-order valence-electron chi connectivity index (χ2n) is 8.29. The van der Waals surface area contributed by atoms with E-state index in [1.54, 1.807) is 37.3 Å². The number of rotatable bonds is 5. The van der Waals surface area contributed by atoms with Gasteiger partial charge in [0, 0.05) is 19.2 Å². The monoisotopic (exact) mass is 491 g/mol. The van der Waals surface area contributed by atoms with Crippen molar-refractivity contribution in [3.63, 3.8) is 0 Å². The fraction of sp³-hybridized carbons (Fsp3) is 0.391. The van der Waals surface area contributed by atoms with Gasteiger partial charge in [0.15, 0.2) is 6.10 Å². The maximum absolute atomic E-state index is 13.5. The highest BCUT2D eigenvalue weighted by Crippen LogP contribution is 2.36. The quantitative estimate of drug-likeness (QED) is 0.662. The van der Waals surface area contributed by atoms with E-state index >= 15 is 0 Å². The third-order valence-corrected chi connectivity index (χ3v) is 8.31. The van der Waals surface area contributed by atoms with Gasteiger partial charge in [0.2, 0.25) is 15.9 Å². The van der Waals surface area contributed by atoms with Crippen molar-refractivity contribution in [3.8, 4) is 5.75 Å². The number of ether oxygens (including phenoxy) is 1. The fourth-order valence-corrected chi connectivity index (χ4v) is 6.07. The number of piperidine rings is 1. The zero-order chi connectivity index (χ0) is 23.8. The Morgan fingerprint density at radius 1 is 1.30 bits per heavy atom. The van der Waals surface area contributed by atoms with Crippen molar-refractivity contribution < 1.29 is 22.7 Å². The number of amides is 2. The molecule has 2 aromatic carbocycles. The minimum Gasteiger partial charge on any atom is -0.478 e. The number of benzene rings is 2. The topological polar surface area (TPSA) is 105 Å². The number of carbonyl (C=O) groups excluding carboxylic acids is 2. The van der Waals surface area contributed by atoms with Crippen LogP contribution in [0.25, 0.3) is 0 Å². The molecule has 2 atom stereocenters. The Hall–Kier alpha value is -2.62. The molecule has 10 heteroatoms. The molecule has 1 saturated heterocycles. The van der Waals surface area contributed by atoms with Crippen LogP contribution in [0.5, 0.6) is 5.75 Å². The Morgan fingerprint density at radius 2 is 2.06 bits per heavy atom. The van der Waals surface area contributed by atoms with Crippen LogP contribution in [0.2, 0.25) is 5.02 Å². The van der Waals surface area contributed by atoms with Crippen molar-refractivity contribution in [1.29, 1.82) is 0 Å². The lowest BCUT2D eigenvalue weighted by molar-refractivity contribution is -0.123. The largest absolute Gasteiger partial charge is 0.478 e. The maximum Gasteiger partial charge on any atom is 0.265 e. The van der Waals surface area contributed by atoms with Gasteiger partial charge in [0.05, 0.1) is 27.2 Å². The first kappa shape index (κ1) is 23.5. The normalized spacial score (nSPS) is 21.0. The van der Waals surface area contributed by atoms with E-state index in [1.165, 1.54) is 10.4 Å². The molecule has 2 N–H and O–H groups in total. The molecule has 2 aromatic rings. The van der Waals surface area contributed by atoms with Crippen LogP contribution in [0, 0.1) is 12.8 Å². The van der Waals surface area contributed by atoms with E-state index < -0.39 is 22.0 Å². The molecule has 2 amide bonds. The molecule has 2 heterocycles. The molecule has 1 fully saturated rings. The summed E-state index contributed by atoms with van der Waals surface area (Å²) in [5.41, 5.74) is 1.45. The van der Waals surface area contributed by atoms with Crippen LogP contribution in [0.15, 0.2) is 41.3 Å². The zero-order valence-corrected chi connectivity index (χ0v) is 20.0. The zero-order valence-electron chi connectivity index (χ0n) is 18.4. The molecular formula is C23H26ClN3O5S. The number of carbonyl (C=O) groups is 2. The first-order valence-electron chi connectivity index (χ1n) is 10.9. The van der Waals surface area contributed by atoms with Crippen LogP contribution >= 0.6 is 11.6 Å². The number of aryl methyl sites for hydroxylation is 1. The molecule has 4 rings (SSSR count). The molecular weight excluding hydrogens is 466 g/mol. The van der Waals surface area contributed by atoms with E-state index in [0.29, 0.717) is 53.5 Å². The van der Waals surface area contributed by atoms with E-state index in [-0.39, 0.29) is 23.3 Å². The van der Waals surface area contributed by atoms with Crippen LogP contribution in [0.4, 0.5) is 11.4 Å². The highest BCUT2D eigenvalue weighted by atomic mass is 35.5. The molecule has 0 aromatic heterocycles. The van der Waals surface area contributed by atoms with Gasteiger partial charge in [0.25, 0.3) is 5.91 Å². The molecule has 0 aliphatic carbocycles. The van der Waals surface area contributed by atoms with Crippen LogP contribution in [-0.4, -0.2) is 43.7 Å². The molecule has 0 saturated carbocycles. The standard InChI is InChI=1S/C23H26ClN3O5S/c1-3-19-23(29)26-18-11-14(2)21(12-20(18)32-19)33(30,31)27-10-6-7-15(13-27)22(28)25-17-9-5-4-8-16(17)24/h4-5,8-9,11-12,15,19H,3,6-7,10,13H2,1-2H3,(H,25,28)(H,26,29). The third kappa shape index (κ3) is 4.71. The van der Waals surface area contributed by atoms with Crippen LogP contribution < -0.4 is 15.4 Å². The van der Waals surface area contributed by atoms with Gasteiger partial charge >= 0.3 is 0 Å². The lowest BCUT2D eigenvalue weighted by Gasteiger charge is -2.32. The SMILES string of the molecule is CCC1Oc2cc(S(=O)(=O)N3CCCC(C(=O)Nc4ccccc4Cl)C3)c(C)cc2NC1=O. The van der Waals surface area contributed by atoms with Gasteiger partial charge < -0.3 is 15.4 Å². The Kier molecular flexibility index (Phi) is 6.65. The molecule has 0 bridgehead atoms. The Bertz CT molecular complexity index is 1200. The molecule has 2 aliphatic rings. The minimum absolute atomic E-state index is 0.0737. The lowest BCUT2D eigenvalue weighted by Crippen LogP contribution is -2.44. The Morgan fingerprint density at radius 3 is 2.79 bits per heavy atom. The molecule has 2 unspecified atom stereocenters. The van der Waals surface area contributed by atoms with Crippen LogP contribution in [0.3, 0.4) is 0 Å². The predicted octanol–water partition coefficient (Wildman–Crippen LogP) is 3.80. The van der Waals surface area contributed by atoms with E-state index in [4.69, 9.17) is 16.3 Å². The van der Waals surface area contributed by atoms with Gasteiger partial charge in [-0.05, 0) is 49.9 Å². The Labute approximate surface area is 198 Å². The Balaban J connectivity index is 1.55. The summed E-state index contributed by atoms with van der Waals surface area (Å²) in [6.45, 7) is 3.90. The highest BCUT2D eigenvalue weighted by Gasteiger charge is 2.36. The molecule has 2 aliphatic heterocycles. The highest BCUT2D eigenvalue weighted by molar-refractivity contribution is 7.89. The number of fused-ring (bicyclic) bond motifs is 1. The summed E-state index contributed by atoms with van der Waals surface area (Å²) < 4.78 is 34.1. The number of hydrogen-bond acceptors (Lipinski definition) is 5. The second-order valence-corrected chi connectivity index (χ2v) is 10.6. The average molecular weight is 492 g/mol. The fourth-order valence-electron chi connectivity index (χ4n) is 4.14. The van der Waals surface area contributed by atoms with E-state index in [2.05, 4.69) is 10.6 Å². The summed E-state index contributed by atoms with van der Waals surface area (Å²) in [4.78, 5) is 25.0. The summed E-state index contributed by atoms with van der Waals surface area (Å²) in [7, 11) is -3.88. The van der Waals surface area contributed by atoms with Gasteiger partial charge in [-0.1, -0.05) is 30.7 Å². The summed E-state index contributed by atoms with van der Waals surface area (Å²) >= 11 is 6.13. The van der Waals surface area contributed by atoms with Crippen LogP contribution in [0.1, 0.15) is 31.7 Å². The van der Waals surface area contributed by atoms with Crippen molar-refractivity contribution in [2.45, 2.75) is 44.1 Å². The molecule has 33 heavy (non-hydrogen) atoms. The van der Waals surface area contributed by atoms with Gasteiger partial charge in [-0.25, -0.2) is 8.42 Å². The average Bonchev–Trinajstić information content (AvgIpc) is 2.79. The molecule has 8 nitrogen and oxygen atoms in total. The summed E-state index contributed by atoms with van der Waals surface area (Å²) in [5.74, 6) is -0.677. The number of sulfonamides is 1. The predicted molar refractivity (Wildman–Crippen MR) is 126 cm³/mol. The summed E-state index contributed by atoms with van der Waals surface area (Å²) in [6, 6.07) is 10.0. The lowest BCUT2D eigenvalue weighted by atomic mass is 9.99. The van der Waals surface area contributed by atoms with Crippen molar-refractivity contribution >= 4 is 44.8 Å². The summed E-state index contributed by atoms with van der Waals surface area (Å²) in [6.07, 6.45) is 0.950. The van der Waals surface area contributed by atoms with Gasteiger partial charge in [-0.3, -0.25) is 9.59 Å². The number of halogens is 1. The number of nitrogens with one attached hydrogen (secondary N) is 2. The van der Waals surface area contributed by atoms with Crippen LogP contribution in [-0.2, 0) is 19.6 Å². The van der Waals surface area contributed by atoms with Gasteiger partial charge in [-0.2, -0.15) is 4.31 Å². The van der Waals surface area contributed by atoms with Gasteiger partial charge in [-0.15, -0.1) is 0 Å². The summed E-state index contributed by atoms with van der Waals surface area (Å²) in [5, 5.41) is 6.00. The molecule has 0 spiro atoms. The number of anilines is 2. The smallest absolute Gasteiger partial charge is 0.265 e. The minimum atomic E-state index is -3.88. The van der Waals surface area contributed by atoms with Crippen molar-refractivity contribution in [2.24, 2.45) is 5.92 Å². The number of para-hydroxylation sites is 1. The van der Waals surface area contributed by atoms with E-state index in [1.807, 2.05) is 6.92 Å². The first-order chi connectivity index (χ1) is 15.7. The van der Waals surface area contributed by atoms with E-state index in [0.717, 1.165) is 0 Å². The van der Waals surface area contributed by atoms with Crippen molar-refractivity contribution in [2.75, 3.05) is 23.7 Å². The molecule has 0 radical (unpaired) electrons. The van der Waals surface area contributed by atoms with Crippen molar-refractivity contribution in [3.05, 3.63) is 47.0 Å². The van der Waals surface area contributed by atoms with Crippen molar-refractivity contribution in [1.82, 2.24) is 4.31 Å². The number of nitrogens with zero attached hydrogens (tertiary/aromatic N) is 1. The van der Waals surface area contributed by atoms with Gasteiger partial charge in [0.1, 0.15) is 5.75 Å².